The molecule has 110 valence electrons. The van der Waals surface area contributed by atoms with Gasteiger partial charge in [0.2, 0.25) is 5.91 Å². The van der Waals surface area contributed by atoms with Crippen molar-refractivity contribution in [1.29, 1.82) is 0 Å². The molecule has 0 aliphatic heterocycles. The van der Waals surface area contributed by atoms with Gasteiger partial charge in [-0.05, 0) is 30.5 Å². The van der Waals surface area contributed by atoms with E-state index in [4.69, 9.17) is 5.84 Å². The van der Waals surface area contributed by atoms with Gasteiger partial charge in [0.15, 0.2) is 5.16 Å². The van der Waals surface area contributed by atoms with Crippen LogP contribution in [0, 0.1) is 6.92 Å². The molecule has 1 aromatic heterocycles. The molecule has 1 amide bonds. The number of nitrogens with zero attached hydrogens (tertiary/aromatic N) is 2. The summed E-state index contributed by atoms with van der Waals surface area (Å²) in [5, 5.41) is 0.764. The Kier molecular flexibility index (Phi) is 5.30. The molecule has 6 heteroatoms. The molecule has 21 heavy (non-hydrogen) atoms. The summed E-state index contributed by atoms with van der Waals surface area (Å²) >= 11 is 1.59. The van der Waals surface area contributed by atoms with Crippen LogP contribution < -0.4 is 11.3 Å². The molecule has 1 atom stereocenters. The molecule has 0 spiro atoms. The lowest BCUT2D eigenvalue weighted by atomic mass is 10.00. The van der Waals surface area contributed by atoms with Crippen LogP contribution in [0.4, 0.5) is 0 Å². The standard InChI is InChI=1S/C15H18N4OS/c1-10-7-17-15(18-8-10)21-9-12-3-5-13(6-4-12)11(2)14(20)19-16/h3-8,11H,9,16H2,1-2H3,(H,19,20). The molecular formula is C15H18N4OS. The molecule has 1 unspecified atom stereocenters. The Morgan fingerprint density at radius 2 is 1.90 bits per heavy atom. The van der Waals surface area contributed by atoms with E-state index in [-0.39, 0.29) is 11.8 Å². The van der Waals surface area contributed by atoms with E-state index in [0.29, 0.717) is 0 Å². The zero-order chi connectivity index (χ0) is 15.2. The van der Waals surface area contributed by atoms with Crippen LogP contribution in [0.5, 0.6) is 0 Å². The Labute approximate surface area is 128 Å². The Hall–Kier alpha value is -1.92. The number of hydrogen-bond acceptors (Lipinski definition) is 5. The van der Waals surface area contributed by atoms with Crippen molar-refractivity contribution in [1.82, 2.24) is 15.4 Å². The summed E-state index contributed by atoms with van der Waals surface area (Å²) < 4.78 is 0. The molecule has 0 fully saturated rings. The van der Waals surface area contributed by atoms with Crippen molar-refractivity contribution >= 4 is 17.7 Å². The van der Waals surface area contributed by atoms with E-state index in [1.165, 1.54) is 0 Å². The molecule has 0 bridgehead atoms. The molecule has 1 aromatic carbocycles. The largest absolute Gasteiger partial charge is 0.294 e. The van der Waals surface area contributed by atoms with Crippen molar-refractivity contribution < 1.29 is 4.79 Å². The van der Waals surface area contributed by atoms with Gasteiger partial charge < -0.3 is 0 Å². The van der Waals surface area contributed by atoms with Gasteiger partial charge in [-0.15, -0.1) is 0 Å². The van der Waals surface area contributed by atoms with Gasteiger partial charge in [-0.1, -0.05) is 36.0 Å². The fourth-order valence-corrected chi connectivity index (χ4v) is 2.52. The maximum Gasteiger partial charge on any atom is 0.241 e. The van der Waals surface area contributed by atoms with E-state index in [2.05, 4.69) is 15.4 Å². The number of rotatable bonds is 5. The molecule has 5 nitrogen and oxygen atoms in total. The SMILES string of the molecule is Cc1cnc(SCc2ccc(C(C)C(=O)NN)cc2)nc1. The highest BCUT2D eigenvalue weighted by atomic mass is 32.2. The maximum atomic E-state index is 11.5. The lowest BCUT2D eigenvalue weighted by Gasteiger charge is -2.10. The number of amides is 1. The van der Waals surface area contributed by atoms with Crippen molar-refractivity contribution in [2.75, 3.05) is 0 Å². The van der Waals surface area contributed by atoms with Crippen LogP contribution in [0.15, 0.2) is 41.8 Å². The molecule has 0 radical (unpaired) electrons. The van der Waals surface area contributed by atoms with Crippen LogP contribution in [0.3, 0.4) is 0 Å². The number of hydrogen-bond donors (Lipinski definition) is 2. The van der Waals surface area contributed by atoms with Gasteiger partial charge in [-0.3, -0.25) is 10.2 Å². The fraction of sp³-hybridized carbons (Fsp3) is 0.267. The van der Waals surface area contributed by atoms with E-state index in [0.717, 1.165) is 27.6 Å². The fourth-order valence-electron chi connectivity index (χ4n) is 1.78. The third kappa shape index (κ3) is 4.27. The number of nitrogens with two attached hydrogens (primary N) is 1. The number of carbonyl (C=O) groups is 1. The lowest BCUT2D eigenvalue weighted by Crippen LogP contribution is -2.33. The van der Waals surface area contributed by atoms with E-state index in [1.54, 1.807) is 11.8 Å². The monoisotopic (exact) mass is 302 g/mol. The van der Waals surface area contributed by atoms with Gasteiger partial charge >= 0.3 is 0 Å². The Morgan fingerprint density at radius 1 is 1.29 bits per heavy atom. The number of nitrogens with one attached hydrogen (secondary N) is 1. The van der Waals surface area contributed by atoms with Crippen molar-refractivity contribution in [2.24, 2.45) is 5.84 Å². The summed E-state index contributed by atoms with van der Waals surface area (Å²) in [6, 6.07) is 7.92. The summed E-state index contributed by atoms with van der Waals surface area (Å²) in [5.41, 5.74) is 5.32. The number of aryl methyl sites for hydroxylation is 1. The zero-order valence-corrected chi connectivity index (χ0v) is 12.9. The van der Waals surface area contributed by atoms with Gasteiger partial charge in [0.05, 0.1) is 5.92 Å². The van der Waals surface area contributed by atoms with E-state index < -0.39 is 0 Å². The molecule has 0 saturated heterocycles. The third-order valence-electron chi connectivity index (χ3n) is 3.14. The quantitative estimate of drug-likeness (QED) is 0.291. The molecule has 2 aromatic rings. The van der Waals surface area contributed by atoms with Gasteiger partial charge in [0, 0.05) is 18.1 Å². The van der Waals surface area contributed by atoms with E-state index in [9.17, 15) is 4.79 Å². The normalized spacial score (nSPS) is 12.0. The summed E-state index contributed by atoms with van der Waals surface area (Å²) in [5.74, 6) is 5.50. The van der Waals surface area contributed by atoms with Crippen LogP contribution in [0.1, 0.15) is 29.5 Å². The smallest absolute Gasteiger partial charge is 0.241 e. The topological polar surface area (TPSA) is 80.9 Å². The first-order valence-corrected chi connectivity index (χ1v) is 7.59. The van der Waals surface area contributed by atoms with Crippen LogP contribution in [0.25, 0.3) is 0 Å². The number of aromatic nitrogens is 2. The number of hydrazine groups is 1. The molecule has 1 heterocycles. The maximum absolute atomic E-state index is 11.5. The Morgan fingerprint density at radius 3 is 2.48 bits per heavy atom. The Balaban J connectivity index is 1.96. The molecule has 0 aliphatic rings. The van der Waals surface area contributed by atoms with Crippen LogP contribution in [-0.2, 0) is 10.5 Å². The number of benzene rings is 1. The molecular weight excluding hydrogens is 284 g/mol. The minimum Gasteiger partial charge on any atom is -0.294 e. The zero-order valence-electron chi connectivity index (χ0n) is 12.0. The first-order valence-electron chi connectivity index (χ1n) is 6.61. The predicted octanol–water partition coefficient (Wildman–Crippen LogP) is 2.17. The van der Waals surface area contributed by atoms with Crippen LogP contribution in [-0.4, -0.2) is 15.9 Å². The highest BCUT2D eigenvalue weighted by molar-refractivity contribution is 7.98. The summed E-state index contributed by atoms with van der Waals surface area (Å²) in [6.07, 6.45) is 3.62. The second-order valence-electron chi connectivity index (χ2n) is 4.80. The molecule has 3 N–H and O–H groups in total. The molecule has 0 saturated carbocycles. The number of thioether (sulfide) groups is 1. The number of carbonyl (C=O) groups excluding carboxylic acids is 1. The predicted molar refractivity (Wildman–Crippen MR) is 83.5 cm³/mol. The summed E-state index contributed by atoms with van der Waals surface area (Å²) in [7, 11) is 0. The minimum absolute atomic E-state index is 0.190. The van der Waals surface area contributed by atoms with E-state index in [1.807, 2.05) is 50.5 Å². The summed E-state index contributed by atoms with van der Waals surface area (Å²) in [6.45, 7) is 3.79. The van der Waals surface area contributed by atoms with Gasteiger partial charge in [-0.2, -0.15) is 0 Å². The highest BCUT2D eigenvalue weighted by Gasteiger charge is 2.13. The summed E-state index contributed by atoms with van der Waals surface area (Å²) in [4.78, 5) is 20.0. The second-order valence-corrected chi connectivity index (χ2v) is 5.75. The second kappa shape index (κ2) is 7.19. The van der Waals surface area contributed by atoms with Crippen molar-refractivity contribution in [3.05, 3.63) is 53.3 Å². The third-order valence-corrected chi connectivity index (χ3v) is 4.09. The first kappa shape index (κ1) is 15.5. The van der Waals surface area contributed by atoms with Gasteiger partial charge in [0.25, 0.3) is 0 Å². The average molecular weight is 302 g/mol. The molecule has 2 rings (SSSR count). The minimum atomic E-state index is -0.253. The average Bonchev–Trinajstić information content (AvgIpc) is 2.53. The van der Waals surface area contributed by atoms with Crippen LogP contribution >= 0.6 is 11.8 Å². The van der Waals surface area contributed by atoms with Crippen molar-refractivity contribution in [3.8, 4) is 0 Å². The van der Waals surface area contributed by atoms with Gasteiger partial charge in [-0.25, -0.2) is 15.8 Å². The Bertz CT molecular complexity index is 598. The van der Waals surface area contributed by atoms with Crippen molar-refractivity contribution in [2.45, 2.75) is 30.7 Å². The lowest BCUT2D eigenvalue weighted by molar-refractivity contribution is -0.122. The molecule has 0 aliphatic carbocycles. The first-order chi connectivity index (χ1) is 10.1. The van der Waals surface area contributed by atoms with Crippen LogP contribution in [0.2, 0.25) is 0 Å². The van der Waals surface area contributed by atoms with Crippen molar-refractivity contribution in [3.63, 3.8) is 0 Å². The van der Waals surface area contributed by atoms with E-state index >= 15 is 0 Å². The highest BCUT2D eigenvalue weighted by Crippen LogP contribution is 2.21. The van der Waals surface area contributed by atoms with Gasteiger partial charge in [0.1, 0.15) is 0 Å².